The van der Waals surface area contributed by atoms with Crippen LogP contribution in [0.5, 0.6) is 5.75 Å². The summed E-state index contributed by atoms with van der Waals surface area (Å²) in [6.45, 7) is 3.97. The summed E-state index contributed by atoms with van der Waals surface area (Å²) in [6.07, 6.45) is 0. The van der Waals surface area contributed by atoms with Crippen LogP contribution in [0.2, 0.25) is 0 Å². The number of phenolic OH excluding ortho intramolecular Hbond substituents is 1. The molecule has 1 aromatic carbocycles. The van der Waals surface area contributed by atoms with Crippen molar-refractivity contribution in [1.82, 2.24) is 5.32 Å². The minimum absolute atomic E-state index is 0.0465. The molecule has 0 spiro atoms. The van der Waals surface area contributed by atoms with Gasteiger partial charge in [0.25, 0.3) is 0 Å². The predicted octanol–water partition coefficient (Wildman–Crippen LogP) is 4.00. The molecule has 1 unspecified atom stereocenters. The van der Waals surface area contributed by atoms with E-state index in [1.807, 2.05) is 18.4 Å². The van der Waals surface area contributed by atoms with Crippen LogP contribution in [-0.4, -0.2) is 5.11 Å². The van der Waals surface area contributed by atoms with Crippen LogP contribution < -0.4 is 5.32 Å². The maximum atomic E-state index is 13.7. The van der Waals surface area contributed by atoms with Gasteiger partial charge in [-0.25, -0.2) is 4.39 Å². The molecule has 2 atom stereocenters. The van der Waals surface area contributed by atoms with Gasteiger partial charge in [-0.1, -0.05) is 12.1 Å². The quantitative estimate of drug-likeness (QED) is 0.875. The number of hydrogen-bond acceptors (Lipinski definition) is 3. The maximum absolute atomic E-state index is 13.7. The van der Waals surface area contributed by atoms with E-state index in [1.54, 1.807) is 17.4 Å². The number of benzene rings is 1. The minimum Gasteiger partial charge on any atom is -0.508 e. The van der Waals surface area contributed by atoms with Crippen LogP contribution in [0.3, 0.4) is 0 Å². The first kappa shape index (κ1) is 13.1. The summed E-state index contributed by atoms with van der Waals surface area (Å²) in [5.74, 6) is -0.428. The minimum atomic E-state index is -0.381. The highest BCUT2D eigenvalue weighted by molar-refractivity contribution is 7.10. The Labute approximate surface area is 110 Å². The maximum Gasteiger partial charge on any atom is 0.131 e. The van der Waals surface area contributed by atoms with E-state index in [0.29, 0.717) is 5.56 Å². The fourth-order valence-corrected chi connectivity index (χ4v) is 2.70. The summed E-state index contributed by atoms with van der Waals surface area (Å²) in [4.78, 5) is 1.22. The third-order valence-electron chi connectivity index (χ3n) is 2.92. The monoisotopic (exact) mass is 265 g/mol. The van der Waals surface area contributed by atoms with Crippen LogP contribution in [0.1, 0.15) is 36.4 Å². The zero-order chi connectivity index (χ0) is 13.1. The molecule has 0 aliphatic carbocycles. The van der Waals surface area contributed by atoms with Crippen LogP contribution >= 0.6 is 11.3 Å². The lowest BCUT2D eigenvalue weighted by molar-refractivity contribution is 0.456. The summed E-state index contributed by atoms with van der Waals surface area (Å²) in [6, 6.07) is 8.39. The molecule has 4 heteroatoms. The van der Waals surface area contributed by atoms with Gasteiger partial charge in [-0.15, -0.1) is 11.3 Å². The molecule has 96 valence electrons. The number of phenols is 1. The van der Waals surface area contributed by atoms with Crippen molar-refractivity contribution in [3.8, 4) is 5.75 Å². The molecule has 2 nitrogen and oxygen atoms in total. The molecule has 2 aromatic rings. The molecule has 0 aliphatic heterocycles. The van der Waals surface area contributed by atoms with Gasteiger partial charge in [0.15, 0.2) is 0 Å². The fraction of sp³-hybridized carbons (Fsp3) is 0.286. The van der Waals surface area contributed by atoms with Crippen LogP contribution in [0, 0.1) is 5.82 Å². The number of aromatic hydroxyl groups is 1. The first-order valence-electron chi connectivity index (χ1n) is 5.86. The average molecular weight is 265 g/mol. The molecule has 2 N–H and O–H groups in total. The zero-order valence-electron chi connectivity index (χ0n) is 10.4. The van der Waals surface area contributed by atoms with Crippen molar-refractivity contribution in [3.05, 3.63) is 52.0 Å². The predicted molar refractivity (Wildman–Crippen MR) is 72.3 cm³/mol. The van der Waals surface area contributed by atoms with E-state index in [4.69, 9.17) is 0 Å². The first-order chi connectivity index (χ1) is 8.58. The molecule has 1 aromatic heterocycles. The van der Waals surface area contributed by atoms with E-state index in [1.165, 1.54) is 10.9 Å². The van der Waals surface area contributed by atoms with Gasteiger partial charge in [0.1, 0.15) is 11.6 Å². The Hall–Kier alpha value is -1.39. The SMILES string of the molecule is CC(N[C@@H](C)c1cccs1)c1ccc(O)cc1F. The van der Waals surface area contributed by atoms with Crippen LogP contribution in [0.4, 0.5) is 4.39 Å². The molecule has 0 saturated heterocycles. The Morgan fingerprint density at radius 1 is 1.22 bits per heavy atom. The molecule has 0 aliphatic rings. The Balaban J connectivity index is 2.10. The number of thiophene rings is 1. The standard InChI is InChI=1S/C14H16FNOS/c1-9(12-6-5-11(17)8-13(12)15)16-10(2)14-4-3-7-18-14/h3-10,16-17H,1-2H3/t9?,10-/m0/s1. The summed E-state index contributed by atoms with van der Waals surface area (Å²) in [7, 11) is 0. The smallest absolute Gasteiger partial charge is 0.131 e. The number of nitrogens with one attached hydrogen (secondary N) is 1. The normalized spacial score (nSPS) is 14.4. The molecule has 0 saturated carbocycles. The van der Waals surface area contributed by atoms with Crippen molar-refractivity contribution in [2.75, 3.05) is 0 Å². The number of hydrogen-bond donors (Lipinski definition) is 2. The Bertz CT molecular complexity index is 513. The Kier molecular flexibility index (Phi) is 3.99. The summed E-state index contributed by atoms with van der Waals surface area (Å²) in [5, 5.41) is 14.6. The van der Waals surface area contributed by atoms with Crippen LogP contribution in [-0.2, 0) is 0 Å². The van der Waals surface area contributed by atoms with E-state index < -0.39 is 0 Å². The van der Waals surface area contributed by atoms with E-state index in [0.717, 1.165) is 6.07 Å². The third kappa shape index (κ3) is 2.89. The van der Waals surface area contributed by atoms with Gasteiger partial charge in [0.05, 0.1) is 0 Å². The summed E-state index contributed by atoms with van der Waals surface area (Å²) in [5.41, 5.74) is 0.566. The summed E-state index contributed by atoms with van der Waals surface area (Å²) >= 11 is 1.68. The van der Waals surface area contributed by atoms with Gasteiger partial charge in [0.2, 0.25) is 0 Å². The Morgan fingerprint density at radius 3 is 2.61 bits per heavy atom. The Morgan fingerprint density at radius 2 is 2.00 bits per heavy atom. The van der Waals surface area contributed by atoms with Crippen molar-refractivity contribution in [1.29, 1.82) is 0 Å². The lowest BCUT2D eigenvalue weighted by Gasteiger charge is -2.20. The van der Waals surface area contributed by atoms with Crippen molar-refractivity contribution >= 4 is 11.3 Å². The topological polar surface area (TPSA) is 32.3 Å². The second-order valence-electron chi connectivity index (χ2n) is 4.33. The molecular weight excluding hydrogens is 249 g/mol. The molecule has 0 bridgehead atoms. The van der Waals surface area contributed by atoms with Crippen molar-refractivity contribution < 1.29 is 9.50 Å². The highest BCUT2D eigenvalue weighted by Gasteiger charge is 2.15. The molecule has 0 amide bonds. The second-order valence-corrected chi connectivity index (χ2v) is 5.31. The highest BCUT2D eigenvalue weighted by Crippen LogP contribution is 2.25. The van der Waals surface area contributed by atoms with Gasteiger partial charge < -0.3 is 10.4 Å². The van der Waals surface area contributed by atoms with Gasteiger partial charge in [-0.2, -0.15) is 0 Å². The number of halogens is 1. The van der Waals surface area contributed by atoms with E-state index in [2.05, 4.69) is 18.3 Å². The lowest BCUT2D eigenvalue weighted by Crippen LogP contribution is -2.22. The highest BCUT2D eigenvalue weighted by atomic mass is 32.1. The molecule has 2 rings (SSSR count). The molecule has 0 fully saturated rings. The third-order valence-corrected chi connectivity index (χ3v) is 3.98. The second kappa shape index (κ2) is 5.50. The fourth-order valence-electron chi connectivity index (χ4n) is 1.95. The van der Waals surface area contributed by atoms with Crippen LogP contribution in [0.15, 0.2) is 35.7 Å². The van der Waals surface area contributed by atoms with Crippen molar-refractivity contribution in [2.24, 2.45) is 0 Å². The molecule has 1 heterocycles. The van der Waals surface area contributed by atoms with Gasteiger partial charge >= 0.3 is 0 Å². The van der Waals surface area contributed by atoms with Gasteiger partial charge in [0, 0.05) is 28.6 Å². The van der Waals surface area contributed by atoms with Crippen molar-refractivity contribution in [3.63, 3.8) is 0 Å². The molecule has 0 radical (unpaired) electrons. The lowest BCUT2D eigenvalue weighted by atomic mass is 10.1. The van der Waals surface area contributed by atoms with Crippen molar-refractivity contribution in [2.45, 2.75) is 25.9 Å². The van der Waals surface area contributed by atoms with E-state index in [-0.39, 0.29) is 23.7 Å². The zero-order valence-corrected chi connectivity index (χ0v) is 11.2. The largest absolute Gasteiger partial charge is 0.508 e. The van der Waals surface area contributed by atoms with Gasteiger partial charge in [-0.05, 0) is 31.4 Å². The van der Waals surface area contributed by atoms with Gasteiger partial charge in [-0.3, -0.25) is 0 Å². The summed E-state index contributed by atoms with van der Waals surface area (Å²) < 4.78 is 13.7. The average Bonchev–Trinajstić information content (AvgIpc) is 2.81. The first-order valence-corrected chi connectivity index (χ1v) is 6.73. The van der Waals surface area contributed by atoms with E-state index >= 15 is 0 Å². The molecule has 18 heavy (non-hydrogen) atoms. The van der Waals surface area contributed by atoms with Crippen LogP contribution in [0.25, 0.3) is 0 Å². The van der Waals surface area contributed by atoms with E-state index in [9.17, 15) is 9.50 Å². The molecular formula is C14H16FNOS. The number of rotatable bonds is 4.